The molecule has 0 N–H and O–H groups in total. The first-order valence-corrected chi connectivity index (χ1v) is 6.66. The van der Waals surface area contributed by atoms with E-state index in [4.69, 9.17) is 4.74 Å². The molecule has 0 amide bonds. The molecule has 16 heavy (non-hydrogen) atoms. The van der Waals surface area contributed by atoms with E-state index in [1.165, 1.54) is 25.7 Å². The van der Waals surface area contributed by atoms with E-state index in [1.54, 1.807) is 0 Å². The summed E-state index contributed by atoms with van der Waals surface area (Å²) in [6, 6.07) is 0.753. The van der Waals surface area contributed by atoms with E-state index in [0.717, 1.165) is 19.8 Å². The number of fused-ring (bicyclic) bond motifs is 2. The van der Waals surface area contributed by atoms with Gasteiger partial charge in [-0.2, -0.15) is 0 Å². The third kappa shape index (κ3) is 2.83. The number of rotatable bonds is 5. The lowest BCUT2D eigenvalue weighted by Crippen LogP contribution is -2.57. The molecule has 2 fully saturated rings. The van der Waals surface area contributed by atoms with Gasteiger partial charge in [0.15, 0.2) is 0 Å². The Morgan fingerprint density at radius 2 is 1.88 bits per heavy atom. The van der Waals surface area contributed by atoms with Crippen molar-refractivity contribution < 1.29 is 9.53 Å². The highest BCUT2D eigenvalue weighted by Crippen LogP contribution is 2.25. The Morgan fingerprint density at radius 1 is 1.19 bits per heavy atom. The van der Waals surface area contributed by atoms with Gasteiger partial charge in [-0.1, -0.05) is 26.2 Å². The van der Waals surface area contributed by atoms with E-state index >= 15 is 0 Å². The van der Waals surface area contributed by atoms with Gasteiger partial charge in [-0.25, -0.2) is 0 Å². The monoisotopic (exact) mass is 225 g/mol. The maximum Gasteiger partial charge on any atom is 0.136 e. The average Bonchev–Trinajstić information content (AvgIpc) is 2.25. The molecule has 2 saturated heterocycles. The van der Waals surface area contributed by atoms with Gasteiger partial charge in [0.05, 0.1) is 13.2 Å². The minimum Gasteiger partial charge on any atom is -0.378 e. The third-order valence-electron chi connectivity index (χ3n) is 3.75. The largest absolute Gasteiger partial charge is 0.378 e. The minimum absolute atomic E-state index is 0.377. The number of ketones is 1. The second kappa shape index (κ2) is 5.78. The van der Waals surface area contributed by atoms with Crippen LogP contribution in [-0.2, 0) is 9.53 Å². The van der Waals surface area contributed by atoms with Crippen molar-refractivity contribution in [2.24, 2.45) is 0 Å². The molecule has 2 bridgehead atoms. The summed E-state index contributed by atoms with van der Waals surface area (Å²) in [5.74, 6) is 0.433. The molecular weight excluding hydrogens is 202 g/mol. The molecule has 2 atom stereocenters. The predicted molar refractivity (Wildman–Crippen MR) is 63.5 cm³/mol. The van der Waals surface area contributed by atoms with Crippen molar-refractivity contribution in [2.75, 3.05) is 19.8 Å². The zero-order chi connectivity index (χ0) is 11.4. The van der Waals surface area contributed by atoms with Crippen LogP contribution in [0, 0.1) is 0 Å². The molecular formula is C13H23NO2. The summed E-state index contributed by atoms with van der Waals surface area (Å²) in [6.07, 6.45) is 6.64. The van der Waals surface area contributed by atoms with E-state index in [9.17, 15) is 4.79 Å². The summed E-state index contributed by atoms with van der Waals surface area (Å²) < 4.78 is 5.55. The Morgan fingerprint density at radius 3 is 2.50 bits per heavy atom. The number of morpholine rings is 1. The van der Waals surface area contributed by atoms with Gasteiger partial charge < -0.3 is 4.74 Å². The first kappa shape index (κ1) is 12.1. The Hall–Kier alpha value is -0.410. The lowest BCUT2D eigenvalue weighted by Gasteiger charge is -2.45. The van der Waals surface area contributed by atoms with Crippen LogP contribution in [-0.4, -0.2) is 42.5 Å². The molecule has 3 heteroatoms. The quantitative estimate of drug-likeness (QED) is 0.670. The van der Waals surface area contributed by atoms with E-state index in [-0.39, 0.29) is 0 Å². The average molecular weight is 225 g/mol. The normalized spacial score (nSPS) is 30.7. The number of hydrogen-bond acceptors (Lipinski definition) is 3. The van der Waals surface area contributed by atoms with Crippen molar-refractivity contribution in [3.63, 3.8) is 0 Å². The lowest BCUT2D eigenvalue weighted by molar-refractivity contribution is -0.135. The van der Waals surface area contributed by atoms with Crippen molar-refractivity contribution in [1.29, 1.82) is 0 Å². The van der Waals surface area contributed by atoms with Gasteiger partial charge in [0.2, 0.25) is 0 Å². The van der Waals surface area contributed by atoms with Gasteiger partial charge in [-0.15, -0.1) is 0 Å². The van der Waals surface area contributed by atoms with Gasteiger partial charge >= 0.3 is 0 Å². The van der Waals surface area contributed by atoms with Gasteiger partial charge in [0, 0.05) is 24.9 Å². The van der Waals surface area contributed by atoms with E-state index in [1.807, 2.05) is 0 Å². The maximum absolute atomic E-state index is 11.5. The van der Waals surface area contributed by atoms with Crippen LogP contribution in [0.1, 0.15) is 45.4 Å². The standard InChI is InChI=1S/C13H23NO2/c1-2-3-4-5-6-14-11-7-13(15)8-12(14)10-16-9-11/h11-12H,2-10H2,1H3. The van der Waals surface area contributed by atoms with Gasteiger partial charge in [0.25, 0.3) is 0 Å². The minimum atomic E-state index is 0.377. The lowest BCUT2D eigenvalue weighted by atomic mass is 9.93. The van der Waals surface area contributed by atoms with Crippen LogP contribution in [0.15, 0.2) is 0 Å². The van der Waals surface area contributed by atoms with Crippen LogP contribution < -0.4 is 0 Å². The molecule has 0 saturated carbocycles. The number of piperidine rings is 1. The SMILES string of the molecule is CCCCCCN1C2COCC1CC(=O)C2. The Balaban J connectivity index is 1.81. The fourth-order valence-corrected chi connectivity index (χ4v) is 2.88. The summed E-state index contributed by atoms with van der Waals surface area (Å²) in [6.45, 7) is 4.92. The van der Waals surface area contributed by atoms with Crippen molar-refractivity contribution in [3.8, 4) is 0 Å². The highest BCUT2D eigenvalue weighted by Gasteiger charge is 2.37. The molecule has 3 nitrogen and oxygen atoms in total. The molecule has 0 spiro atoms. The highest BCUT2D eigenvalue weighted by molar-refractivity contribution is 5.80. The second-order valence-electron chi connectivity index (χ2n) is 5.09. The molecule has 0 aromatic heterocycles. The Labute approximate surface area is 98.1 Å². The highest BCUT2D eigenvalue weighted by atomic mass is 16.5. The summed E-state index contributed by atoms with van der Waals surface area (Å²) in [7, 11) is 0. The zero-order valence-electron chi connectivity index (χ0n) is 10.3. The maximum atomic E-state index is 11.5. The van der Waals surface area contributed by atoms with Crippen molar-refractivity contribution in [1.82, 2.24) is 4.90 Å². The van der Waals surface area contributed by atoms with Crippen LogP contribution in [0.25, 0.3) is 0 Å². The molecule has 0 aromatic carbocycles. The number of unbranched alkanes of at least 4 members (excludes halogenated alkanes) is 3. The molecule has 2 aliphatic heterocycles. The third-order valence-corrected chi connectivity index (χ3v) is 3.75. The number of carbonyl (C=O) groups excluding carboxylic acids is 1. The number of carbonyl (C=O) groups is 1. The molecule has 2 rings (SSSR count). The van der Waals surface area contributed by atoms with Gasteiger partial charge in [-0.05, 0) is 13.0 Å². The predicted octanol–water partition coefficient (Wildman–Crippen LogP) is 2.00. The molecule has 0 aliphatic carbocycles. The molecule has 0 aromatic rings. The van der Waals surface area contributed by atoms with E-state index < -0.39 is 0 Å². The van der Waals surface area contributed by atoms with Crippen molar-refractivity contribution >= 4 is 5.78 Å². The zero-order valence-corrected chi connectivity index (χ0v) is 10.3. The van der Waals surface area contributed by atoms with Crippen LogP contribution in [0.4, 0.5) is 0 Å². The van der Waals surface area contributed by atoms with Gasteiger partial charge in [0.1, 0.15) is 5.78 Å². The number of ether oxygens (including phenoxy) is 1. The number of Topliss-reactive ketones (excluding diaryl/α,β-unsaturated/α-hetero) is 1. The first-order valence-electron chi connectivity index (χ1n) is 6.66. The summed E-state index contributed by atoms with van der Waals surface area (Å²) in [5, 5.41) is 0. The smallest absolute Gasteiger partial charge is 0.136 e. The fourth-order valence-electron chi connectivity index (χ4n) is 2.88. The molecule has 2 heterocycles. The van der Waals surface area contributed by atoms with Crippen LogP contribution >= 0.6 is 0 Å². The van der Waals surface area contributed by atoms with E-state index in [2.05, 4.69) is 11.8 Å². The van der Waals surface area contributed by atoms with Crippen molar-refractivity contribution in [3.05, 3.63) is 0 Å². The second-order valence-corrected chi connectivity index (χ2v) is 5.09. The summed E-state index contributed by atoms with van der Waals surface area (Å²) in [4.78, 5) is 14.0. The topological polar surface area (TPSA) is 29.5 Å². The van der Waals surface area contributed by atoms with E-state index in [0.29, 0.717) is 30.7 Å². The molecule has 2 aliphatic rings. The summed E-state index contributed by atoms with van der Waals surface area (Å²) >= 11 is 0. The fraction of sp³-hybridized carbons (Fsp3) is 0.923. The Bertz CT molecular complexity index is 226. The molecule has 2 unspecified atom stereocenters. The van der Waals surface area contributed by atoms with Crippen LogP contribution in [0.2, 0.25) is 0 Å². The Kier molecular flexibility index (Phi) is 4.36. The molecule has 92 valence electrons. The van der Waals surface area contributed by atoms with Crippen molar-refractivity contribution in [2.45, 2.75) is 57.5 Å². The first-order chi connectivity index (χ1) is 7.81. The summed E-state index contributed by atoms with van der Waals surface area (Å²) in [5.41, 5.74) is 0. The number of nitrogens with zero attached hydrogens (tertiary/aromatic N) is 1. The molecule has 0 radical (unpaired) electrons. The van der Waals surface area contributed by atoms with Crippen LogP contribution in [0.5, 0.6) is 0 Å². The van der Waals surface area contributed by atoms with Crippen LogP contribution in [0.3, 0.4) is 0 Å². The van der Waals surface area contributed by atoms with Gasteiger partial charge in [-0.3, -0.25) is 9.69 Å². The number of hydrogen-bond donors (Lipinski definition) is 0.